The molecule has 3 rings (SSSR count). The molecule has 1 aliphatic carbocycles. The summed E-state index contributed by atoms with van der Waals surface area (Å²) in [6.07, 6.45) is 2.45. The van der Waals surface area contributed by atoms with Crippen LogP contribution >= 0.6 is 0 Å². The largest absolute Gasteiger partial charge is 0.508 e. The highest BCUT2D eigenvalue weighted by molar-refractivity contribution is 5.85. The molecule has 0 aromatic heterocycles. The molecule has 1 saturated carbocycles. The first-order valence-corrected chi connectivity index (χ1v) is 6.91. The van der Waals surface area contributed by atoms with Crippen molar-refractivity contribution < 1.29 is 9.90 Å². The molecule has 4 heteroatoms. The fourth-order valence-electron chi connectivity index (χ4n) is 2.37. The van der Waals surface area contributed by atoms with Gasteiger partial charge in [-0.2, -0.15) is 5.10 Å². The van der Waals surface area contributed by atoms with Crippen LogP contribution in [0.2, 0.25) is 0 Å². The van der Waals surface area contributed by atoms with Gasteiger partial charge in [0.1, 0.15) is 5.75 Å². The lowest BCUT2D eigenvalue weighted by Gasteiger charge is -2.00. The lowest BCUT2D eigenvalue weighted by Crippen LogP contribution is -2.20. The Hall–Kier alpha value is -2.62. The molecule has 0 radical (unpaired) electrons. The van der Waals surface area contributed by atoms with Gasteiger partial charge in [-0.1, -0.05) is 30.3 Å². The molecule has 1 fully saturated rings. The number of hydrazone groups is 1. The molecular weight excluding hydrogens is 264 g/mol. The van der Waals surface area contributed by atoms with Gasteiger partial charge in [0.15, 0.2) is 0 Å². The highest BCUT2D eigenvalue weighted by atomic mass is 16.3. The van der Waals surface area contributed by atoms with E-state index in [0.29, 0.717) is 5.92 Å². The minimum absolute atomic E-state index is 0.0179. The van der Waals surface area contributed by atoms with Crippen molar-refractivity contribution in [3.63, 3.8) is 0 Å². The fourth-order valence-corrected chi connectivity index (χ4v) is 2.37. The Morgan fingerprint density at radius 3 is 2.57 bits per heavy atom. The van der Waals surface area contributed by atoms with E-state index in [1.54, 1.807) is 30.5 Å². The highest BCUT2D eigenvalue weighted by Crippen LogP contribution is 2.47. The zero-order chi connectivity index (χ0) is 14.7. The molecule has 0 unspecified atom stereocenters. The highest BCUT2D eigenvalue weighted by Gasteiger charge is 2.43. The Balaban J connectivity index is 1.53. The number of aromatic hydroxyl groups is 1. The van der Waals surface area contributed by atoms with E-state index >= 15 is 0 Å². The molecule has 4 nitrogen and oxygen atoms in total. The number of carbonyl (C=O) groups is 1. The van der Waals surface area contributed by atoms with Crippen LogP contribution in [0.5, 0.6) is 5.75 Å². The minimum Gasteiger partial charge on any atom is -0.508 e. The van der Waals surface area contributed by atoms with Gasteiger partial charge in [0.05, 0.1) is 6.21 Å². The summed E-state index contributed by atoms with van der Waals surface area (Å²) in [5.74, 6) is 0.498. The first-order valence-electron chi connectivity index (χ1n) is 6.91. The van der Waals surface area contributed by atoms with Crippen molar-refractivity contribution in [3.05, 3.63) is 65.7 Å². The molecule has 21 heavy (non-hydrogen) atoms. The van der Waals surface area contributed by atoms with Crippen LogP contribution in [0.3, 0.4) is 0 Å². The van der Waals surface area contributed by atoms with E-state index in [2.05, 4.69) is 22.7 Å². The summed E-state index contributed by atoms with van der Waals surface area (Å²) in [6, 6.07) is 16.7. The number of phenolic OH excluding ortho intramolecular Hbond substituents is 1. The van der Waals surface area contributed by atoms with Crippen molar-refractivity contribution in [1.82, 2.24) is 5.43 Å². The summed E-state index contributed by atoms with van der Waals surface area (Å²) < 4.78 is 0. The lowest BCUT2D eigenvalue weighted by atomic mass is 10.1. The number of hydrogen-bond acceptors (Lipinski definition) is 3. The SMILES string of the molecule is O=C(N/N=C/c1ccc(O)cc1)[C@H]1C[C@H]1c1ccccc1. The summed E-state index contributed by atoms with van der Waals surface area (Å²) in [5, 5.41) is 13.1. The summed E-state index contributed by atoms with van der Waals surface area (Å²) >= 11 is 0. The molecule has 2 aromatic carbocycles. The third kappa shape index (κ3) is 3.28. The third-order valence-electron chi connectivity index (χ3n) is 3.64. The van der Waals surface area contributed by atoms with Gasteiger partial charge in [0.25, 0.3) is 0 Å². The smallest absolute Gasteiger partial charge is 0.243 e. The van der Waals surface area contributed by atoms with Gasteiger partial charge >= 0.3 is 0 Å². The van der Waals surface area contributed by atoms with Crippen LogP contribution in [0.1, 0.15) is 23.5 Å². The van der Waals surface area contributed by atoms with Gasteiger partial charge < -0.3 is 5.11 Å². The van der Waals surface area contributed by atoms with E-state index < -0.39 is 0 Å². The third-order valence-corrected chi connectivity index (χ3v) is 3.64. The predicted molar refractivity (Wildman–Crippen MR) is 81.1 cm³/mol. The van der Waals surface area contributed by atoms with E-state index in [4.69, 9.17) is 0 Å². The molecule has 0 spiro atoms. The van der Waals surface area contributed by atoms with Gasteiger partial charge in [-0.15, -0.1) is 0 Å². The van der Waals surface area contributed by atoms with Gasteiger partial charge in [0.2, 0.25) is 5.91 Å². The van der Waals surface area contributed by atoms with Crippen LogP contribution in [0, 0.1) is 5.92 Å². The van der Waals surface area contributed by atoms with Crippen LogP contribution in [0.4, 0.5) is 0 Å². The summed E-state index contributed by atoms with van der Waals surface area (Å²) in [6.45, 7) is 0. The predicted octanol–water partition coefficient (Wildman–Crippen LogP) is 2.65. The van der Waals surface area contributed by atoms with Crippen molar-refractivity contribution in [3.8, 4) is 5.75 Å². The van der Waals surface area contributed by atoms with Crippen molar-refractivity contribution in [2.24, 2.45) is 11.0 Å². The standard InChI is InChI=1S/C17H16N2O2/c20-14-8-6-12(7-9-14)11-18-19-17(21)16-10-15(16)13-4-2-1-3-5-13/h1-9,11,15-16,20H,10H2,(H,19,21)/b18-11+/t15-,16-/m0/s1. The number of nitrogens with zero attached hydrogens (tertiary/aromatic N) is 1. The maximum atomic E-state index is 12.0. The Morgan fingerprint density at radius 2 is 1.86 bits per heavy atom. The number of hydrogen-bond donors (Lipinski definition) is 2. The second kappa shape index (κ2) is 5.79. The number of phenols is 1. The number of rotatable bonds is 4. The van der Waals surface area contributed by atoms with Crippen molar-refractivity contribution in [2.75, 3.05) is 0 Å². The molecule has 0 aliphatic heterocycles. The Bertz CT molecular complexity index is 650. The van der Waals surface area contributed by atoms with Crippen molar-refractivity contribution in [1.29, 1.82) is 0 Å². The molecule has 0 bridgehead atoms. The molecule has 1 aliphatic rings. The van der Waals surface area contributed by atoms with Gasteiger partial charge in [-0.25, -0.2) is 5.43 Å². The molecule has 0 heterocycles. The van der Waals surface area contributed by atoms with Crippen LogP contribution in [-0.2, 0) is 4.79 Å². The van der Waals surface area contributed by atoms with Crippen molar-refractivity contribution in [2.45, 2.75) is 12.3 Å². The molecule has 2 N–H and O–H groups in total. The van der Waals surface area contributed by atoms with Gasteiger partial charge in [0, 0.05) is 5.92 Å². The molecule has 2 aromatic rings. The summed E-state index contributed by atoms with van der Waals surface area (Å²) in [5.41, 5.74) is 4.61. The van der Waals surface area contributed by atoms with Crippen LogP contribution in [0.15, 0.2) is 59.7 Å². The lowest BCUT2D eigenvalue weighted by molar-refractivity contribution is -0.122. The minimum atomic E-state index is -0.0427. The van der Waals surface area contributed by atoms with E-state index in [-0.39, 0.29) is 17.6 Å². The van der Waals surface area contributed by atoms with E-state index in [1.807, 2.05) is 18.2 Å². The molecule has 106 valence electrons. The molecular formula is C17H16N2O2. The second-order valence-corrected chi connectivity index (χ2v) is 5.19. The number of carbonyl (C=O) groups excluding carboxylic acids is 1. The Kier molecular flexibility index (Phi) is 3.69. The molecule has 1 amide bonds. The first-order chi connectivity index (χ1) is 10.2. The van der Waals surface area contributed by atoms with E-state index in [9.17, 15) is 9.90 Å². The van der Waals surface area contributed by atoms with Crippen LogP contribution in [-0.4, -0.2) is 17.2 Å². The average Bonchev–Trinajstić information content (AvgIpc) is 3.31. The van der Waals surface area contributed by atoms with Gasteiger partial charge in [-0.05, 0) is 47.7 Å². The van der Waals surface area contributed by atoms with Crippen LogP contribution < -0.4 is 5.43 Å². The monoisotopic (exact) mass is 280 g/mol. The van der Waals surface area contributed by atoms with Crippen molar-refractivity contribution >= 4 is 12.1 Å². The number of amides is 1. The maximum absolute atomic E-state index is 12.0. The second-order valence-electron chi connectivity index (χ2n) is 5.19. The van der Waals surface area contributed by atoms with Gasteiger partial charge in [-0.3, -0.25) is 4.79 Å². The first kappa shape index (κ1) is 13.4. The number of benzene rings is 2. The molecule has 2 atom stereocenters. The summed E-state index contributed by atoms with van der Waals surface area (Å²) in [7, 11) is 0. The molecule has 0 saturated heterocycles. The fraction of sp³-hybridized carbons (Fsp3) is 0.176. The number of nitrogens with one attached hydrogen (secondary N) is 1. The Labute approximate surface area is 123 Å². The Morgan fingerprint density at radius 1 is 1.14 bits per heavy atom. The normalized spacial score (nSPS) is 20.4. The average molecular weight is 280 g/mol. The topological polar surface area (TPSA) is 61.7 Å². The maximum Gasteiger partial charge on any atom is 0.243 e. The zero-order valence-corrected chi connectivity index (χ0v) is 11.4. The van der Waals surface area contributed by atoms with E-state index in [0.717, 1.165) is 12.0 Å². The quantitative estimate of drug-likeness (QED) is 0.668. The van der Waals surface area contributed by atoms with E-state index in [1.165, 1.54) is 5.56 Å². The zero-order valence-electron chi connectivity index (χ0n) is 11.4. The summed E-state index contributed by atoms with van der Waals surface area (Å²) in [4.78, 5) is 12.0. The van der Waals surface area contributed by atoms with Crippen LogP contribution in [0.25, 0.3) is 0 Å².